The second kappa shape index (κ2) is 6.63. The van der Waals surface area contributed by atoms with Gasteiger partial charge in [0.25, 0.3) is 0 Å². The van der Waals surface area contributed by atoms with Crippen molar-refractivity contribution in [2.75, 3.05) is 0 Å². The maximum atomic E-state index is 13.7. The highest BCUT2D eigenvalue weighted by Gasteiger charge is 2.54. The first-order chi connectivity index (χ1) is 14.0. The van der Waals surface area contributed by atoms with Crippen LogP contribution in [0.4, 0.5) is 0 Å². The molecule has 1 aromatic rings. The Balaban J connectivity index is 1.97. The van der Waals surface area contributed by atoms with Crippen LogP contribution in [0.1, 0.15) is 67.6 Å². The van der Waals surface area contributed by atoms with Crippen molar-refractivity contribution in [3.63, 3.8) is 0 Å². The summed E-state index contributed by atoms with van der Waals surface area (Å²) in [5.74, 6) is -0.991. The van der Waals surface area contributed by atoms with Gasteiger partial charge < -0.3 is 5.11 Å². The van der Waals surface area contributed by atoms with Crippen LogP contribution >= 0.6 is 0 Å². The van der Waals surface area contributed by atoms with E-state index in [2.05, 4.69) is 6.58 Å². The maximum absolute atomic E-state index is 13.7. The number of allylic oxidation sites excluding steroid dienone is 4. The van der Waals surface area contributed by atoms with Gasteiger partial charge in [-0.15, -0.1) is 0 Å². The molecule has 3 unspecified atom stereocenters. The van der Waals surface area contributed by atoms with E-state index in [0.29, 0.717) is 6.42 Å². The summed E-state index contributed by atoms with van der Waals surface area (Å²) >= 11 is 0. The van der Waals surface area contributed by atoms with Crippen molar-refractivity contribution < 1.29 is 19.5 Å². The lowest BCUT2D eigenvalue weighted by atomic mass is 9.53. The van der Waals surface area contributed by atoms with Gasteiger partial charge in [-0.05, 0) is 76.0 Å². The molecule has 3 aliphatic rings. The average molecular weight is 405 g/mol. The van der Waals surface area contributed by atoms with E-state index in [-0.39, 0.29) is 41.2 Å². The van der Waals surface area contributed by atoms with Gasteiger partial charge in [-0.25, -0.2) is 0 Å². The van der Waals surface area contributed by atoms with Crippen LogP contribution in [0.2, 0.25) is 0 Å². The molecule has 156 valence electrons. The van der Waals surface area contributed by atoms with Crippen LogP contribution in [0.5, 0.6) is 0 Å². The fourth-order valence-electron chi connectivity index (χ4n) is 5.94. The third-order valence-electron chi connectivity index (χ3n) is 7.67. The molecule has 0 radical (unpaired) electrons. The Bertz CT molecular complexity index is 1110. The average Bonchev–Trinajstić information content (AvgIpc) is 2.64. The lowest BCUT2D eigenvalue weighted by Crippen LogP contribution is -2.46. The van der Waals surface area contributed by atoms with Gasteiger partial charge in [-0.2, -0.15) is 0 Å². The van der Waals surface area contributed by atoms with Gasteiger partial charge in [0, 0.05) is 17.6 Å². The monoisotopic (exact) mass is 404 g/mol. The number of aliphatic hydroxyl groups is 1. The number of carbonyl (C=O) groups is 3. The minimum absolute atomic E-state index is 0.00227. The molecule has 4 nitrogen and oxygen atoms in total. The third kappa shape index (κ3) is 2.55. The number of Topliss-reactive ketones (excluding diaryl/α,β-unsaturated/α-hetero) is 3. The Morgan fingerprint density at radius 2 is 1.83 bits per heavy atom. The minimum Gasteiger partial charge on any atom is -0.510 e. The van der Waals surface area contributed by atoms with Crippen LogP contribution in [-0.2, 0) is 16.0 Å². The van der Waals surface area contributed by atoms with E-state index >= 15 is 0 Å². The highest BCUT2D eigenvalue weighted by molar-refractivity contribution is 6.20. The molecule has 0 spiro atoms. The molecular formula is C26H28O4. The predicted molar refractivity (Wildman–Crippen MR) is 116 cm³/mol. The van der Waals surface area contributed by atoms with Crippen molar-refractivity contribution in [3.8, 4) is 0 Å². The van der Waals surface area contributed by atoms with Gasteiger partial charge in [0.15, 0.2) is 17.3 Å². The normalized spacial score (nSPS) is 28.2. The van der Waals surface area contributed by atoms with E-state index in [1.807, 2.05) is 39.8 Å². The van der Waals surface area contributed by atoms with Gasteiger partial charge >= 0.3 is 0 Å². The molecule has 0 aromatic heterocycles. The summed E-state index contributed by atoms with van der Waals surface area (Å²) in [6.07, 6.45) is 1.58. The summed E-state index contributed by atoms with van der Waals surface area (Å²) in [5.41, 5.74) is 5.25. The Hall–Kier alpha value is -2.75. The summed E-state index contributed by atoms with van der Waals surface area (Å²) < 4.78 is 0. The molecule has 0 amide bonds. The summed E-state index contributed by atoms with van der Waals surface area (Å²) in [5, 5.41) is 11.1. The van der Waals surface area contributed by atoms with E-state index in [1.54, 1.807) is 0 Å². The fraction of sp³-hybridized carbons (Fsp3) is 0.423. The van der Waals surface area contributed by atoms with Gasteiger partial charge in [0.05, 0.1) is 11.0 Å². The molecule has 3 atom stereocenters. The largest absolute Gasteiger partial charge is 0.510 e. The molecule has 0 bridgehead atoms. The molecule has 30 heavy (non-hydrogen) atoms. The topological polar surface area (TPSA) is 71.4 Å². The van der Waals surface area contributed by atoms with Crippen LogP contribution in [0.25, 0.3) is 5.57 Å². The van der Waals surface area contributed by atoms with Crippen LogP contribution in [-0.4, -0.2) is 22.5 Å². The number of fused-ring (bicyclic) bond motifs is 3. The van der Waals surface area contributed by atoms with Crippen LogP contribution in [0, 0.1) is 24.2 Å². The van der Waals surface area contributed by atoms with E-state index in [1.165, 1.54) is 6.92 Å². The minimum atomic E-state index is -0.867. The lowest BCUT2D eigenvalue weighted by Gasteiger charge is -2.49. The quantitative estimate of drug-likeness (QED) is 0.696. The van der Waals surface area contributed by atoms with E-state index in [4.69, 9.17) is 0 Å². The third-order valence-corrected chi connectivity index (χ3v) is 7.67. The molecule has 0 fully saturated rings. The van der Waals surface area contributed by atoms with Crippen LogP contribution in [0.3, 0.4) is 0 Å². The zero-order chi connectivity index (χ0) is 22.1. The standard InChI is InChI=1S/C26H28O4/c1-12(2)18-8-7-13(3)21-19(18)10-16-9-17-11-20(28)23(15(5)27)25(30)26(17,6)14(4)22(16)24(21)29/h7-8,16-17,30H,1,9-11H2,2-6H3. The number of rotatable bonds is 2. The van der Waals surface area contributed by atoms with Crippen molar-refractivity contribution in [2.45, 2.75) is 53.9 Å². The molecule has 4 heteroatoms. The van der Waals surface area contributed by atoms with Gasteiger partial charge in [-0.1, -0.05) is 29.9 Å². The zero-order valence-corrected chi connectivity index (χ0v) is 18.3. The number of aliphatic hydroxyl groups excluding tert-OH is 1. The molecule has 3 aliphatic carbocycles. The first-order valence-electron chi connectivity index (χ1n) is 10.5. The number of hydrogen-bond donors (Lipinski definition) is 1. The van der Waals surface area contributed by atoms with Crippen LogP contribution in [0.15, 0.2) is 41.2 Å². The molecule has 0 saturated carbocycles. The molecule has 4 rings (SSSR count). The number of ketones is 3. The number of hydrogen-bond acceptors (Lipinski definition) is 4. The Morgan fingerprint density at radius 1 is 1.17 bits per heavy atom. The van der Waals surface area contributed by atoms with E-state index < -0.39 is 11.2 Å². The second-order valence-corrected chi connectivity index (χ2v) is 9.37. The van der Waals surface area contributed by atoms with Crippen LogP contribution < -0.4 is 0 Å². The lowest BCUT2D eigenvalue weighted by molar-refractivity contribution is -0.123. The Morgan fingerprint density at radius 3 is 2.43 bits per heavy atom. The second-order valence-electron chi connectivity index (χ2n) is 9.37. The highest BCUT2D eigenvalue weighted by atomic mass is 16.3. The Labute approximate surface area is 177 Å². The molecule has 0 saturated heterocycles. The zero-order valence-electron chi connectivity index (χ0n) is 18.3. The molecule has 0 heterocycles. The van der Waals surface area contributed by atoms with Crippen molar-refractivity contribution in [3.05, 3.63) is 63.4 Å². The van der Waals surface area contributed by atoms with Gasteiger partial charge in [-0.3, -0.25) is 14.4 Å². The van der Waals surface area contributed by atoms with Crippen molar-refractivity contribution in [2.24, 2.45) is 17.3 Å². The first kappa shape index (κ1) is 20.5. The first-order valence-corrected chi connectivity index (χ1v) is 10.5. The van der Waals surface area contributed by atoms with Crippen molar-refractivity contribution in [1.82, 2.24) is 0 Å². The summed E-state index contributed by atoms with van der Waals surface area (Å²) in [6.45, 7) is 13.1. The fourth-order valence-corrected chi connectivity index (χ4v) is 5.94. The highest BCUT2D eigenvalue weighted by Crippen LogP contribution is 2.57. The summed E-state index contributed by atoms with van der Waals surface area (Å²) in [6, 6.07) is 4.00. The number of carbonyl (C=O) groups excluding carboxylic acids is 3. The van der Waals surface area contributed by atoms with Crippen molar-refractivity contribution >= 4 is 22.9 Å². The predicted octanol–water partition coefficient (Wildman–Crippen LogP) is 5.10. The molecule has 0 aliphatic heterocycles. The summed E-state index contributed by atoms with van der Waals surface area (Å²) in [7, 11) is 0. The Kier molecular flexibility index (Phi) is 4.53. The SMILES string of the molecule is C=C(C)c1ccc(C)c2c1CC1CC3CC(=O)C(C(C)=O)=C(O)C3(C)C(C)=C1C2=O. The van der Waals surface area contributed by atoms with E-state index in [9.17, 15) is 19.5 Å². The maximum Gasteiger partial charge on any atom is 0.189 e. The number of aryl methyl sites for hydroxylation is 1. The summed E-state index contributed by atoms with van der Waals surface area (Å²) in [4.78, 5) is 38.4. The van der Waals surface area contributed by atoms with Gasteiger partial charge in [0.1, 0.15) is 5.76 Å². The van der Waals surface area contributed by atoms with Gasteiger partial charge in [0.2, 0.25) is 0 Å². The smallest absolute Gasteiger partial charge is 0.189 e. The number of benzene rings is 1. The van der Waals surface area contributed by atoms with Crippen molar-refractivity contribution in [1.29, 1.82) is 0 Å². The molecular weight excluding hydrogens is 376 g/mol. The van der Waals surface area contributed by atoms with E-state index in [0.717, 1.165) is 45.4 Å². The molecule has 1 N–H and O–H groups in total. The molecule has 1 aromatic carbocycles.